The number of aliphatic carboxylic acids is 1. The first kappa shape index (κ1) is 23.0. The van der Waals surface area contributed by atoms with Crippen LogP contribution in [0.4, 0.5) is 0 Å². The minimum atomic E-state index is -0.870. The Morgan fingerprint density at radius 3 is 1.90 bits per heavy atom. The first-order valence-corrected chi connectivity index (χ1v) is 9.64. The van der Waals surface area contributed by atoms with Crippen molar-refractivity contribution in [1.82, 2.24) is 4.90 Å². The zero-order valence-corrected chi connectivity index (χ0v) is 17.2. The SMILES string of the molecule is CC(C)(C)C(COCCOCCOCCN1C(=O)c2ccccc2C1=O)C(=O)O. The van der Waals surface area contributed by atoms with Crippen LogP contribution in [-0.4, -0.2) is 74.0 Å². The summed E-state index contributed by atoms with van der Waals surface area (Å²) in [5.41, 5.74) is 0.481. The van der Waals surface area contributed by atoms with Gasteiger partial charge in [-0.3, -0.25) is 19.3 Å². The lowest BCUT2D eigenvalue weighted by Gasteiger charge is -2.26. The van der Waals surface area contributed by atoms with E-state index in [0.717, 1.165) is 0 Å². The van der Waals surface area contributed by atoms with Gasteiger partial charge in [-0.1, -0.05) is 32.9 Å². The second kappa shape index (κ2) is 10.5. The molecule has 1 aliphatic heterocycles. The molecule has 1 aliphatic rings. The van der Waals surface area contributed by atoms with Crippen LogP contribution in [0.3, 0.4) is 0 Å². The van der Waals surface area contributed by atoms with Crippen molar-refractivity contribution in [2.75, 3.05) is 46.2 Å². The third kappa shape index (κ3) is 6.35. The number of ether oxygens (including phenoxy) is 3. The summed E-state index contributed by atoms with van der Waals surface area (Å²) in [7, 11) is 0. The van der Waals surface area contributed by atoms with Crippen LogP contribution in [0.2, 0.25) is 0 Å². The molecule has 8 nitrogen and oxygen atoms in total. The van der Waals surface area contributed by atoms with Gasteiger partial charge in [0.2, 0.25) is 0 Å². The van der Waals surface area contributed by atoms with E-state index in [2.05, 4.69) is 0 Å². The van der Waals surface area contributed by atoms with E-state index in [1.54, 1.807) is 24.3 Å². The standard InChI is InChI=1S/C21H29NO7/c1-21(2,3)17(20(25)26)14-29-13-12-28-11-10-27-9-8-22-18(23)15-6-4-5-7-16(15)19(22)24/h4-7,17H,8-14H2,1-3H3,(H,25,26). The Morgan fingerprint density at radius 1 is 0.931 bits per heavy atom. The van der Waals surface area contributed by atoms with Crippen molar-refractivity contribution >= 4 is 17.8 Å². The maximum atomic E-state index is 12.2. The fourth-order valence-corrected chi connectivity index (χ4v) is 2.93. The average molecular weight is 407 g/mol. The predicted molar refractivity (Wildman–Crippen MR) is 105 cm³/mol. The number of hydrogen-bond donors (Lipinski definition) is 1. The molecule has 2 amide bonds. The summed E-state index contributed by atoms with van der Waals surface area (Å²) in [4.78, 5) is 36.8. The molecule has 1 atom stereocenters. The summed E-state index contributed by atoms with van der Waals surface area (Å²) in [6.45, 7) is 7.46. The van der Waals surface area contributed by atoms with E-state index < -0.39 is 11.9 Å². The molecule has 1 N–H and O–H groups in total. The molecule has 1 aromatic carbocycles. The number of fused-ring (bicyclic) bond motifs is 1. The molecule has 29 heavy (non-hydrogen) atoms. The smallest absolute Gasteiger partial charge is 0.309 e. The topological polar surface area (TPSA) is 102 Å². The fraction of sp³-hybridized carbons (Fsp3) is 0.571. The van der Waals surface area contributed by atoms with Crippen molar-refractivity contribution in [2.24, 2.45) is 11.3 Å². The van der Waals surface area contributed by atoms with Crippen molar-refractivity contribution in [3.05, 3.63) is 35.4 Å². The Hall–Kier alpha value is -2.29. The van der Waals surface area contributed by atoms with Crippen molar-refractivity contribution in [3.63, 3.8) is 0 Å². The van der Waals surface area contributed by atoms with Crippen molar-refractivity contribution in [2.45, 2.75) is 20.8 Å². The lowest BCUT2D eigenvalue weighted by atomic mass is 9.81. The number of imide groups is 1. The molecule has 1 unspecified atom stereocenters. The van der Waals surface area contributed by atoms with Gasteiger partial charge in [0.1, 0.15) is 0 Å². The highest BCUT2D eigenvalue weighted by Gasteiger charge is 2.34. The number of rotatable bonds is 12. The number of nitrogens with zero attached hydrogens (tertiary/aromatic N) is 1. The first-order valence-electron chi connectivity index (χ1n) is 9.64. The Bertz CT molecular complexity index is 691. The Labute approximate surface area is 170 Å². The van der Waals surface area contributed by atoms with Gasteiger partial charge in [-0.25, -0.2) is 0 Å². The van der Waals surface area contributed by atoms with E-state index in [1.165, 1.54) is 4.90 Å². The molecular formula is C21H29NO7. The molecule has 0 saturated carbocycles. The summed E-state index contributed by atoms with van der Waals surface area (Å²) >= 11 is 0. The quantitative estimate of drug-likeness (QED) is 0.418. The summed E-state index contributed by atoms with van der Waals surface area (Å²) in [5, 5.41) is 9.22. The number of amides is 2. The number of benzene rings is 1. The Morgan fingerprint density at radius 2 is 1.41 bits per heavy atom. The van der Waals surface area contributed by atoms with Gasteiger partial charge in [0, 0.05) is 0 Å². The highest BCUT2D eigenvalue weighted by molar-refractivity contribution is 6.21. The van der Waals surface area contributed by atoms with Gasteiger partial charge < -0.3 is 19.3 Å². The third-order valence-electron chi connectivity index (χ3n) is 4.71. The monoisotopic (exact) mass is 407 g/mol. The van der Waals surface area contributed by atoms with Gasteiger partial charge in [-0.05, 0) is 17.5 Å². The van der Waals surface area contributed by atoms with Crippen LogP contribution in [0.25, 0.3) is 0 Å². The molecule has 0 spiro atoms. The molecule has 0 radical (unpaired) electrons. The van der Waals surface area contributed by atoms with Crippen LogP contribution < -0.4 is 0 Å². The minimum Gasteiger partial charge on any atom is -0.481 e. The van der Waals surface area contributed by atoms with Crippen LogP contribution in [0, 0.1) is 11.3 Å². The minimum absolute atomic E-state index is 0.138. The van der Waals surface area contributed by atoms with E-state index in [0.29, 0.717) is 37.6 Å². The van der Waals surface area contributed by atoms with Gasteiger partial charge >= 0.3 is 5.97 Å². The second-order valence-corrected chi connectivity index (χ2v) is 7.86. The molecule has 0 bridgehead atoms. The van der Waals surface area contributed by atoms with E-state index in [4.69, 9.17) is 14.2 Å². The number of carbonyl (C=O) groups excluding carboxylic acids is 2. The van der Waals surface area contributed by atoms with Crippen molar-refractivity contribution in [1.29, 1.82) is 0 Å². The Kier molecular flexibility index (Phi) is 8.31. The summed E-state index contributed by atoms with van der Waals surface area (Å²) in [5.74, 6) is -2.03. The molecule has 0 saturated heterocycles. The van der Waals surface area contributed by atoms with Crippen LogP contribution in [0.15, 0.2) is 24.3 Å². The largest absolute Gasteiger partial charge is 0.481 e. The number of carboxylic acid groups (broad SMARTS) is 1. The predicted octanol–water partition coefficient (Wildman–Crippen LogP) is 2.08. The zero-order chi connectivity index (χ0) is 21.4. The number of hydrogen-bond acceptors (Lipinski definition) is 6. The molecule has 0 aliphatic carbocycles. The molecular weight excluding hydrogens is 378 g/mol. The third-order valence-corrected chi connectivity index (χ3v) is 4.71. The second-order valence-electron chi connectivity index (χ2n) is 7.86. The van der Waals surface area contributed by atoms with Gasteiger partial charge in [-0.15, -0.1) is 0 Å². The average Bonchev–Trinajstić information content (AvgIpc) is 2.89. The summed E-state index contributed by atoms with van der Waals surface area (Å²) in [6, 6.07) is 6.75. The maximum Gasteiger partial charge on any atom is 0.309 e. The normalized spacial score (nSPS) is 14.9. The summed E-state index contributed by atoms with van der Waals surface area (Å²) in [6.07, 6.45) is 0. The maximum absolute atomic E-state index is 12.2. The lowest BCUT2D eigenvalue weighted by Crippen LogP contribution is -2.33. The lowest BCUT2D eigenvalue weighted by molar-refractivity contribution is -0.148. The molecule has 1 aromatic rings. The highest BCUT2D eigenvalue weighted by atomic mass is 16.5. The zero-order valence-electron chi connectivity index (χ0n) is 17.2. The first-order chi connectivity index (χ1) is 13.7. The fourth-order valence-electron chi connectivity index (χ4n) is 2.93. The van der Waals surface area contributed by atoms with Gasteiger partial charge in [0.25, 0.3) is 11.8 Å². The highest BCUT2D eigenvalue weighted by Crippen LogP contribution is 2.26. The van der Waals surface area contributed by atoms with E-state index in [9.17, 15) is 19.5 Å². The number of carbonyl (C=O) groups is 3. The van der Waals surface area contributed by atoms with Gasteiger partial charge in [0.05, 0.1) is 63.2 Å². The molecule has 0 fully saturated rings. The van der Waals surface area contributed by atoms with E-state index in [-0.39, 0.29) is 37.0 Å². The number of carboxylic acids is 1. The van der Waals surface area contributed by atoms with E-state index >= 15 is 0 Å². The summed E-state index contributed by atoms with van der Waals surface area (Å²) < 4.78 is 16.2. The van der Waals surface area contributed by atoms with Crippen molar-refractivity contribution < 1.29 is 33.7 Å². The van der Waals surface area contributed by atoms with Crippen molar-refractivity contribution in [3.8, 4) is 0 Å². The molecule has 0 aromatic heterocycles. The van der Waals surface area contributed by atoms with Crippen LogP contribution in [0.5, 0.6) is 0 Å². The van der Waals surface area contributed by atoms with Gasteiger partial charge in [-0.2, -0.15) is 0 Å². The molecule has 8 heteroatoms. The molecule has 160 valence electrons. The van der Waals surface area contributed by atoms with Gasteiger partial charge in [0.15, 0.2) is 0 Å². The van der Waals surface area contributed by atoms with Crippen LogP contribution in [0.1, 0.15) is 41.5 Å². The molecule has 2 rings (SSSR count). The Balaban J connectivity index is 1.53. The molecule has 1 heterocycles. The van der Waals surface area contributed by atoms with Crippen LogP contribution >= 0.6 is 0 Å². The van der Waals surface area contributed by atoms with E-state index in [1.807, 2.05) is 20.8 Å². The van der Waals surface area contributed by atoms with Crippen LogP contribution in [-0.2, 0) is 19.0 Å².